The van der Waals surface area contributed by atoms with Crippen molar-refractivity contribution in [3.05, 3.63) is 36.3 Å². The number of carbonyl (C=O) groups is 1. The smallest absolute Gasteiger partial charge is 0.217 e. The van der Waals surface area contributed by atoms with E-state index < -0.39 is 0 Å². The molecule has 1 saturated carbocycles. The zero-order valence-corrected chi connectivity index (χ0v) is 12.5. The molecular formula is C15H20N6O. The van der Waals surface area contributed by atoms with Crippen LogP contribution in [0.3, 0.4) is 0 Å². The molecule has 2 heterocycles. The zero-order valence-electron chi connectivity index (χ0n) is 12.5. The molecule has 22 heavy (non-hydrogen) atoms. The molecule has 1 aliphatic carbocycles. The molecule has 3 N–H and O–H groups in total. The molecule has 7 nitrogen and oxygen atoms in total. The Morgan fingerprint density at radius 3 is 3.00 bits per heavy atom. The largest absolute Gasteiger partial charge is 0.370 e. The molecule has 0 radical (unpaired) electrons. The number of rotatable bonds is 6. The minimum Gasteiger partial charge on any atom is -0.370 e. The van der Waals surface area contributed by atoms with Crippen LogP contribution in [-0.4, -0.2) is 38.4 Å². The molecule has 0 aliphatic heterocycles. The van der Waals surface area contributed by atoms with Gasteiger partial charge in [-0.1, -0.05) is 0 Å². The number of imidazole rings is 1. The lowest BCUT2D eigenvalue weighted by Crippen LogP contribution is -2.42. The second kappa shape index (κ2) is 6.55. The first-order valence-electron chi connectivity index (χ1n) is 7.51. The van der Waals surface area contributed by atoms with Crippen molar-refractivity contribution in [2.75, 3.05) is 11.9 Å². The van der Waals surface area contributed by atoms with Crippen molar-refractivity contribution in [2.24, 2.45) is 0 Å². The molecule has 1 fully saturated rings. The number of amides is 1. The average molecular weight is 300 g/mol. The molecule has 0 atom stereocenters. The number of hydrogen-bond acceptors (Lipinski definition) is 5. The van der Waals surface area contributed by atoms with Gasteiger partial charge in [-0.2, -0.15) is 0 Å². The van der Waals surface area contributed by atoms with Gasteiger partial charge in [0.05, 0.1) is 6.33 Å². The normalized spacial score (nSPS) is 20.2. The molecule has 0 spiro atoms. The predicted molar refractivity (Wildman–Crippen MR) is 82.4 cm³/mol. The van der Waals surface area contributed by atoms with Crippen LogP contribution in [0.5, 0.6) is 0 Å². The monoisotopic (exact) mass is 300 g/mol. The molecule has 2 aromatic heterocycles. The first-order chi connectivity index (χ1) is 10.7. The van der Waals surface area contributed by atoms with Crippen LogP contribution < -0.4 is 10.6 Å². The Labute approximate surface area is 129 Å². The van der Waals surface area contributed by atoms with Gasteiger partial charge < -0.3 is 15.6 Å². The van der Waals surface area contributed by atoms with E-state index in [-0.39, 0.29) is 11.9 Å². The Balaban J connectivity index is 1.49. The Morgan fingerprint density at radius 1 is 1.41 bits per heavy atom. The second-order valence-corrected chi connectivity index (χ2v) is 5.65. The Hall–Kier alpha value is -2.44. The summed E-state index contributed by atoms with van der Waals surface area (Å²) >= 11 is 0. The van der Waals surface area contributed by atoms with Crippen LogP contribution in [0.4, 0.5) is 5.82 Å². The van der Waals surface area contributed by atoms with Gasteiger partial charge in [0, 0.05) is 55.5 Å². The zero-order chi connectivity index (χ0) is 15.4. The first-order valence-corrected chi connectivity index (χ1v) is 7.51. The summed E-state index contributed by atoms with van der Waals surface area (Å²) < 4.78 is 0. The van der Waals surface area contributed by atoms with Gasteiger partial charge in [0.1, 0.15) is 12.1 Å². The molecular weight excluding hydrogens is 280 g/mol. The van der Waals surface area contributed by atoms with Crippen LogP contribution in [-0.2, 0) is 11.2 Å². The van der Waals surface area contributed by atoms with Crippen molar-refractivity contribution in [1.82, 2.24) is 25.3 Å². The maximum Gasteiger partial charge on any atom is 0.217 e. The van der Waals surface area contributed by atoms with E-state index in [4.69, 9.17) is 0 Å². The SMILES string of the molecule is CC(=O)NC1CC(c2cc(NCCc3cnc[nH]3)ncn2)C1. The molecule has 7 heteroatoms. The van der Waals surface area contributed by atoms with E-state index in [1.807, 2.05) is 12.3 Å². The van der Waals surface area contributed by atoms with E-state index in [2.05, 4.69) is 30.6 Å². The maximum atomic E-state index is 11.0. The van der Waals surface area contributed by atoms with Gasteiger partial charge in [-0.05, 0) is 12.8 Å². The van der Waals surface area contributed by atoms with Crippen molar-refractivity contribution in [2.45, 2.75) is 38.1 Å². The van der Waals surface area contributed by atoms with Crippen molar-refractivity contribution < 1.29 is 4.79 Å². The molecule has 3 rings (SSSR count). The van der Waals surface area contributed by atoms with Crippen molar-refractivity contribution in [3.63, 3.8) is 0 Å². The molecule has 116 valence electrons. The summed E-state index contributed by atoms with van der Waals surface area (Å²) in [5, 5.41) is 6.24. The van der Waals surface area contributed by atoms with Crippen molar-refractivity contribution >= 4 is 11.7 Å². The fourth-order valence-electron chi connectivity index (χ4n) is 2.70. The van der Waals surface area contributed by atoms with Crippen molar-refractivity contribution in [3.8, 4) is 0 Å². The molecule has 0 bridgehead atoms. The highest BCUT2D eigenvalue weighted by molar-refractivity contribution is 5.73. The van der Waals surface area contributed by atoms with Crippen LogP contribution in [0.1, 0.15) is 37.1 Å². The number of nitrogens with one attached hydrogen (secondary N) is 3. The Bertz CT molecular complexity index is 621. The van der Waals surface area contributed by atoms with Gasteiger partial charge in [-0.3, -0.25) is 4.79 Å². The minimum atomic E-state index is 0.0345. The van der Waals surface area contributed by atoms with Crippen LogP contribution >= 0.6 is 0 Å². The number of anilines is 1. The number of carbonyl (C=O) groups excluding carboxylic acids is 1. The van der Waals surface area contributed by atoms with Crippen LogP contribution in [0.25, 0.3) is 0 Å². The van der Waals surface area contributed by atoms with E-state index in [0.29, 0.717) is 5.92 Å². The lowest BCUT2D eigenvalue weighted by atomic mass is 9.78. The third kappa shape index (κ3) is 3.60. The van der Waals surface area contributed by atoms with Gasteiger partial charge in [0.15, 0.2) is 0 Å². The number of aromatic nitrogens is 4. The second-order valence-electron chi connectivity index (χ2n) is 5.65. The standard InChI is InChI=1S/C15H20N6O/c1-10(22)21-13-4-11(5-13)14-6-15(20-9-19-14)17-3-2-12-7-16-8-18-12/h6-9,11,13H,2-5H2,1H3,(H,16,18)(H,21,22)(H,17,19,20). The lowest BCUT2D eigenvalue weighted by molar-refractivity contribution is -0.120. The Morgan fingerprint density at radius 2 is 2.27 bits per heavy atom. The van der Waals surface area contributed by atoms with Crippen LogP contribution in [0.15, 0.2) is 24.9 Å². The van der Waals surface area contributed by atoms with E-state index in [1.54, 1.807) is 19.6 Å². The topological polar surface area (TPSA) is 95.6 Å². The fourth-order valence-corrected chi connectivity index (χ4v) is 2.70. The molecule has 0 saturated heterocycles. The van der Waals surface area contributed by atoms with Gasteiger partial charge in [0.2, 0.25) is 5.91 Å². The van der Waals surface area contributed by atoms with Crippen LogP contribution in [0.2, 0.25) is 0 Å². The maximum absolute atomic E-state index is 11.0. The summed E-state index contributed by atoms with van der Waals surface area (Å²) in [6, 6.07) is 2.29. The van der Waals surface area contributed by atoms with Crippen molar-refractivity contribution in [1.29, 1.82) is 0 Å². The number of H-pyrrole nitrogens is 1. The predicted octanol–water partition coefficient (Wildman–Crippen LogP) is 1.24. The summed E-state index contributed by atoms with van der Waals surface area (Å²) in [5.74, 6) is 1.28. The van der Waals surface area contributed by atoms with Crippen LogP contribution in [0, 0.1) is 0 Å². The van der Waals surface area contributed by atoms with E-state index >= 15 is 0 Å². The quantitative estimate of drug-likeness (QED) is 0.746. The van der Waals surface area contributed by atoms with E-state index in [9.17, 15) is 4.79 Å². The molecule has 0 aromatic carbocycles. The highest BCUT2D eigenvalue weighted by Crippen LogP contribution is 2.36. The summed E-state index contributed by atoms with van der Waals surface area (Å²) in [5.41, 5.74) is 2.14. The summed E-state index contributed by atoms with van der Waals surface area (Å²) in [4.78, 5) is 26.7. The summed E-state index contributed by atoms with van der Waals surface area (Å²) in [6.45, 7) is 2.34. The van der Waals surface area contributed by atoms with Gasteiger partial charge in [0.25, 0.3) is 0 Å². The molecule has 1 aliphatic rings. The summed E-state index contributed by atoms with van der Waals surface area (Å²) in [7, 11) is 0. The highest BCUT2D eigenvalue weighted by atomic mass is 16.1. The highest BCUT2D eigenvalue weighted by Gasteiger charge is 2.31. The third-order valence-electron chi connectivity index (χ3n) is 3.91. The number of hydrogen-bond donors (Lipinski definition) is 3. The number of nitrogens with zero attached hydrogens (tertiary/aromatic N) is 3. The molecule has 2 aromatic rings. The van der Waals surface area contributed by atoms with E-state index in [1.165, 1.54) is 0 Å². The number of aromatic amines is 1. The Kier molecular flexibility index (Phi) is 4.32. The van der Waals surface area contributed by atoms with E-state index in [0.717, 1.165) is 43.0 Å². The molecule has 1 amide bonds. The summed E-state index contributed by atoms with van der Waals surface area (Å²) in [6.07, 6.45) is 7.87. The van der Waals surface area contributed by atoms with Gasteiger partial charge in [-0.25, -0.2) is 15.0 Å². The molecule has 0 unspecified atom stereocenters. The first kappa shape index (κ1) is 14.5. The minimum absolute atomic E-state index is 0.0345. The fraction of sp³-hybridized carbons (Fsp3) is 0.467. The third-order valence-corrected chi connectivity index (χ3v) is 3.91. The lowest BCUT2D eigenvalue weighted by Gasteiger charge is -2.35. The van der Waals surface area contributed by atoms with Gasteiger partial charge >= 0.3 is 0 Å². The average Bonchev–Trinajstić information content (AvgIpc) is 2.96. The van der Waals surface area contributed by atoms with Gasteiger partial charge in [-0.15, -0.1) is 0 Å².